The number of aliphatic hydroxyl groups is 1. The van der Waals surface area contributed by atoms with Crippen molar-refractivity contribution in [1.29, 1.82) is 0 Å². The Morgan fingerprint density at radius 3 is 2.55 bits per heavy atom. The number of rotatable bonds is 7. The lowest BCUT2D eigenvalue weighted by Crippen LogP contribution is -2.34. The average Bonchev–Trinajstić information content (AvgIpc) is 2.42. The molecule has 0 spiro atoms. The van der Waals surface area contributed by atoms with Crippen molar-refractivity contribution in [2.24, 2.45) is 0 Å². The van der Waals surface area contributed by atoms with E-state index in [4.69, 9.17) is 4.74 Å². The molecule has 7 heteroatoms. The van der Waals surface area contributed by atoms with Crippen LogP contribution in [-0.4, -0.2) is 44.6 Å². The Kier molecular flexibility index (Phi) is 6.60. The van der Waals surface area contributed by atoms with Crippen LogP contribution in [-0.2, 0) is 21.4 Å². The summed E-state index contributed by atoms with van der Waals surface area (Å²) < 4.78 is 32.3. The summed E-state index contributed by atoms with van der Waals surface area (Å²) in [6.45, 7) is 4.33. The van der Waals surface area contributed by atoms with E-state index < -0.39 is 10.0 Å². The van der Waals surface area contributed by atoms with Gasteiger partial charge in [-0.25, -0.2) is 8.42 Å². The number of benzene rings is 1. The van der Waals surface area contributed by atoms with Crippen LogP contribution < -0.4 is 0 Å². The summed E-state index contributed by atoms with van der Waals surface area (Å²) in [5.74, 6) is 0. The molecule has 0 saturated carbocycles. The molecule has 0 unspecified atom stereocenters. The summed E-state index contributed by atoms with van der Waals surface area (Å²) in [6.07, 6.45) is 0. The predicted molar refractivity (Wildman–Crippen MR) is 81.1 cm³/mol. The molecule has 1 aromatic rings. The first-order valence-corrected chi connectivity index (χ1v) is 8.50. The topological polar surface area (TPSA) is 66.8 Å². The molecule has 0 radical (unpaired) electrons. The van der Waals surface area contributed by atoms with E-state index in [-0.39, 0.29) is 11.5 Å². The highest BCUT2D eigenvalue weighted by molar-refractivity contribution is 9.10. The van der Waals surface area contributed by atoms with Crippen LogP contribution in [0.4, 0.5) is 0 Å². The third kappa shape index (κ3) is 3.79. The van der Waals surface area contributed by atoms with Gasteiger partial charge in [0.05, 0.1) is 18.1 Å². The number of sulfonamides is 1. The van der Waals surface area contributed by atoms with Crippen molar-refractivity contribution < 1.29 is 18.3 Å². The van der Waals surface area contributed by atoms with Gasteiger partial charge in [0.15, 0.2) is 0 Å². The number of ether oxygens (including phenoxy) is 1. The standard InChI is InChI=1S/C13H20BrNO4S/c1-4-15(5-6-19-3)20(17,18)13-8-11(9-16)7-12(14)10(13)2/h7-8,16H,4-6,9H2,1-3H3. The molecular formula is C13H20BrNO4S. The van der Waals surface area contributed by atoms with Crippen molar-refractivity contribution in [1.82, 2.24) is 4.31 Å². The second-order valence-corrected chi connectivity index (χ2v) is 7.11. The molecule has 0 heterocycles. The number of hydrogen-bond donors (Lipinski definition) is 1. The van der Waals surface area contributed by atoms with Gasteiger partial charge in [0.1, 0.15) is 0 Å². The van der Waals surface area contributed by atoms with E-state index in [1.165, 1.54) is 17.5 Å². The molecule has 0 aliphatic rings. The zero-order chi connectivity index (χ0) is 15.3. The molecule has 0 saturated heterocycles. The summed E-state index contributed by atoms with van der Waals surface area (Å²) in [5, 5.41) is 9.23. The Morgan fingerprint density at radius 2 is 2.05 bits per heavy atom. The van der Waals surface area contributed by atoms with Gasteiger partial charge in [0.25, 0.3) is 0 Å². The van der Waals surface area contributed by atoms with Crippen LogP contribution in [0, 0.1) is 6.92 Å². The van der Waals surface area contributed by atoms with Crippen LogP contribution >= 0.6 is 15.9 Å². The summed E-state index contributed by atoms with van der Waals surface area (Å²) in [6, 6.07) is 3.24. The third-order valence-electron chi connectivity index (χ3n) is 3.05. The zero-order valence-electron chi connectivity index (χ0n) is 11.9. The maximum absolute atomic E-state index is 12.7. The minimum atomic E-state index is -3.60. The Morgan fingerprint density at radius 1 is 1.40 bits per heavy atom. The first kappa shape index (κ1) is 17.6. The predicted octanol–water partition coefficient (Wildman–Crippen LogP) is 1.91. The molecule has 0 atom stereocenters. The number of likely N-dealkylation sites (N-methyl/N-ethyl adjacent to an activating group) is 1. The lowest BCUT2D eigenvalue weighted by Gasteiger charge is -2.22. The molecule has 0 aliphatic carbocycles. The van der Waals surface area contributed by atoms with Crippen molar-refractivity contribution in [3.63, 3.8) is 0 Å². The maximum Gasteiger partial charge on any atom is 0.243 e. The van der Waals surface area contributed by atoms with Crippen LogP contribution in [0.1, 0.15) is 18.1 Å². The normalized spacial score (nSPS) is 12.1. The smallest absolute Gasteiger partial charge is 0.243 e. The van der Waals surface area contributed by atoms with Gasteiger partial charge in [-0.3, -0.25) is 0 Å². The van der Waals surface area contributed by atoms with Gasteiger partial charge < -0.3 is 9.84 Å². The minimum Gasteiger partial charge on any atom is -0.392 e. The van der Waals surface area contributed by atoms with E-state index in [2.05, 4.69) is 15.9 Å². The zero-order valence-corrected chi connectivity index (χ0v) is 14.3. The largest absolute Gasteiger partial charge is 0.392 e. The number of halogens is 1. The fourth-order valence-electron chi connectivity index (χ4n) is 1.85. The Bertz CT molecular complexity index is 560. The molecule has 114 valence electrons. The Labute approximate surface area is 128 Å². The van der Waals surface area contributed by atoms with Crippen molar-refractivity contribution in [2.75, 3.05) is 26.8 Å². The van der Waals surface area contributed by atoms with E-state index in [1.54, 1.807) is 19.9 Å². The summed E-state index contributed by atoms with van der Waals surface area (Å²) >= 11 is 3.34. The van der Waals surface area contributed by atoms with Gasteiger partial charge in [-0.15, -0.1) is 0 Å². The van der Waals surface area contributed by atoms with Crippen LogP contribution in [0.15, 0.2) is 21.5 Å². The van der Waals surface area contributed by atoms with Crippen LogP contribution in [0.2, 0.25) is 0 Å². The summed E-state index contributed by atoms with van der Waals surface area (Å²) in [4.78, 5) is 0.217. The molecule has 1 rings (SSSR count). The van der Waals surface area contributed by atoms with E-state index in [9.17, 15) is 13.5 Å². The van der Waals surface area contributed by atoms with Gasteiger partial charge in [0.2, 0.25) is 10.0 Å². The average molecular weight is 366 g/mol. The molecular weight excluding hydrogens is 346 g/mol. The van der Waals surface area contributed by atoms with E-state index >= 15 is 0 Å². The quantitative estimate of drug-likeness (QED) is 0.801. The Balaban J connectivity index is 3.29. The molecule has 0 aromatic heterocycles. The minimum absolute atomic E-state index is 0.203. The number of methoxy groups -OCH3 is 1. The fraction of sp³-hybridized carbons (Fsp3) is 0.538. The molecule has 5 nitrogen and oxygen atoms in total. The first-order valence-electron chi connectivity index (χ1n) is 6.27. The molecule has 0 bridgehead atoms. The van der Waals surface area contributed by atoms with Gasteiger partial charge in [-0.1, -0.05) is 22.9 Å². The number of aliphatic hydroxyl groups excluding tert-OH is 1. The van der Waals surface area contributed by atoms with E-state index in [0.717, 1.165) is 0 Å². The van der Waals surface area contributed by atoms with E-state index in [1.807, 2.05) is 0 Å². The molecule has 1 aromatic carbocycles. The summed E-state index contributed by atoms with van der Waals surface area (Å²) in [5.41, 5.74) is 1.20. The van der Waals surface area contributed by atoms with Crippen LogP contribution in [0.5, 0.6) is 0 Å². The van der Waals surface area contributed by atoms with Crippen molar-refractivity contribution in [3.05, 3.63) is 27.7 Å². The second kappa shape index (κ2) is 7.51. The van der Waals surface area contributed by atoms with Crippen LogP contribution in [0.25, 0.3) is 0 Å². The lowest BCUT2D eigenvalue weighted by atomic mass is 10.2. The van der Waals surface area contributed by atoms with Gasteiger partial charge >= 0.3 is 0 Å². The molecule has 0 amide bonds. The number of nitrogens with zero attached hydrogens (tertiary/aromatic N) is 1. The summed E-state index contributed by atoms with van der Waals surface area (Å²) in [7, 11) is -2.06. The van der Waals surface area contributed by atoms with Gasteiger partial charge in [-0.05, 0) is 30.2 Å². The SMILES string of the molecule is CCN(CCOC)S(=O)(=O)c1cc(CO)cc(Br)c1C. The monoisotopic (exact) mass is 365 g/mol. The van der Waals surface area contributed by atoms with Gasteiger partial charge in [-0.2, -0.15) is 4.31 Å². The second-order valence-electron chi connectivity index (χ2n) is 4.35. The highest BCUT2D eigenvalue weighted by atomic mass is 79.9. The maximum atomic E-state index is 12.7. The third-order valence-corrected chi connectivity index (χ3v) is 5.98. The highest BCUT2D eigenvalue weighted by Crippen LogP contribution is 2.28. The van der Waals surface area contributed by atoms with Crippen molar-refractivity contribution in [2.45, 2.75) is 25.3 Å². The van der Waals surface area contributed by atoms with Gasteiger partial charge in [0, 0.05) is 24.7 Å². The Hall–Kier alpha value is -0.470. The fourth-order valence-corrected chi connectivity index (χ4v) is 4.22. The molecule has 20 heavy (non-hydrogen) atoms. The molecule has 0 aliphatic heterocycles. The molecule has 1 N–H and O–H groups in total. The molecule has 0 fully saturated rings. The number of hydrogen-bond acceptors (Lipinski definition) is 4. The van der Waals surface area contributed by atoms with E-state index in [0.29, 0.717) is 35.3 Å². The van der Waals surface area contributed by atoms with Crippen LogP contribution in [0.3, 0.4) is 0 Å². The highest BCUT2D eigenvalue weighted by Gasteiger charge is 2.25. The lowest BCUT2D eigenvalue weighted by molar-refractivity contribution is 0.180. The van der Waals surface area contributed by atoms with Crippen molar-refractivity contribution in [3.8, 4) is 0 Å². The van der Waals surface area contributed by atoms with Crippen molar-refractivity contribution >= 4 is 26.0 Å². The first-order chi connectivity index (χ1) is 9.38.